The number of nitrogens with one attached hydrogen (secondary N) is 1. The Morgan fingerprint density at radius 3 is 2.65 bits per heavy atom. The standard InChI is InChI=1S/C15H19N3O2/c1-11-4-6-16-8-12(11)9-17-10-13-15(20-3)14(19-2)5-7-18-13/h4-8,17H,9-10H2,1-3H3. The van der Waals surface area contributed by atoms with Crippen LogP contribution in [0.2, 0.25) is 0 Å². The van der Waals surface area contributed by atoms with Crippen LogP contribution in [0.1, 0.15) is 16.8 Å². The minimum atomic E-state index is 0.606. The molecule has 0 spiro atoms. The molecule has 0 aromatic carbocycles. The molecule has 0 amide bonds. The molecule has 0 aliphatic rings. The molecule has 0 atom stereocenters. The SMILES string of the molecule is COc1ccnc(CNCc2cnccc2C)c1OC. The van der Waals surface area contributed by atoms with Gasteiger partial charge in [0.2, 0.25) is 0 Å². The van der Waals surface area contributed by atoms with Gasteiger partial charge in [-0.15, -0.1) is 0 Å². The maximum atomic E-state index is 5.35. The summed E-state index contributed by atoms with van der Waals surface area (Å²) in [5.74, 6) is 1.36. The van der Waals surface area contributed by atoms with Gasteiger partial charge < -0.3 is 14.8 Å². The number of pyridine rings is 2. The van der Waals surface area contributed by atoms with Crippen molar-refractivity contribution in [2.24, 2.45) is 0 Å². The molecule has 0 bridgehead atoms. The van der Waals surface area contributed by atoms with Crippen molar-refractivity contribution in [3.05, 3.63) is 47.5 Å². The largest absolute Gasteiger partial charge is 0.493 e. The Morgan fingerprint density at radius 1 is 1.10 bits per heavy atom. The van der Waals surface area contributed by atoms with Crippen molar-refractivity contribution in [3.63, 3.8) is 0 Å². The Bertz CT molecular complexity index is 573. The predicted molar refractivity (Wildman–Crippen MR) is 76.9 cm³/mol. The summed E-state index contributed by atoms with van der Waals surface area (Å²) in [6.45, 7) is 3.42. The van der Waals surface area contributed by atoms with Crippen molar-refractivity contribution in [1.29, 1.82) is 0 Å². The molecule has 2 rings (SSSR count). The van der Waals surface area contributed by atoms with Gasteiger partial charge in [0.05, 0.1) is 19.9 Å². The van der Waals surface area contributed by atoms with Gasteiger partial charge >= 0.3 is 0 Å². The number of nitrogens with zero attached hydrogens (tertiary/aromatic N) is 2. The van der Waals surface area contributed by atoms with Crippen LogP contribution < -0.4 is 14.8 Å². The molecule has 0 radical (unpaired) electrons. The molecular weight excluding hydrogens is 254 g/mol. The fraction of sp³-hybridized carbons (Fsp3) is 0.333. The highest BCUT2D eigenvalue weighted by Gasteiger charge is 2.10. The number of hydrogen-bond donors (Lipinski definition) is 1. The first-order valence-electron chi connectivity index (χ1n) is 6.42. The maximum Gasteiger partial charge on any atom is 0.183 e. The highest BCUT2D eigenvalue weighted by Crippen LogP contribution is 2.28. The summed E-state index contributed by atoms with van der Waals surface area (Å²) in [5.41, 5.74) is 3.22. The van der Waals surface area contributed by atoms with Crippen LogP contribution in [0.15, 0.2) is 30.7 Å². The van der Waals surface area contributed by atoms with Gasteiger partial charge in [0, 0.05) is 37.7 Å². The van der Waals surface area contributed by atoms with E-state index < -0.39 is 0 Å². The van der Waals surface area contributed by atoms with E-state index in [-0.39, 0.29) is 0 Å². The highest BCUT2D eigenvalue weighted by molar-refractivity contribution is 5.42. The Labute approximate surface area is 119 Å². The first-order chi connectivity index (χ1) is 9.76. The molecular formula is C15H19N3O2. The zero-order chi connectivity index (χ0) is 14.4. The normalized spacial score (nSPS) is 10.3. The van der Waals surface area contributed by atoms with Gasteiger partial charge in [-0.3, -0.25) is 9.97 Å². The Morgan fingerprint density at radius 2 is 1.95 bits per heavy atom. The highest BCUT2D eigenvalue weighted by atomic mass is 16.5. The summed E-state index contributed by atoms with van der Waals surface area (Å²) in [7, 11) is 3.24. The molecule has 0 fully saturated rings. The lowest BCUT2D eigenvalue weighted by Gasteiger charge is -2.12. The lowest BCUT2D eigenvalue weighted by Crippen LogP contribution is -2.15. The second kappa shape index (κ2) is 6.86. The molecule has 0 aliphatic carbocycles. The van der Waals surface area contributed by atoms with Crippen molar-refractivity contribution in [2.45, 2.75) is 20.0 Å². The summed E-state index contributed by atoms with van der Waals surface area (Å²) < 4.78 is 10.6. The van der Waals surface area contributed by atoms with E-state index in [2.05, 4.69) is 22.2 Å². The molecule has 1 N–H and O–H groups in total. The summed E-state index contributed by atoms with van der Waals surface area (Å²) in [5, 5.41) is 3.35. The Hall–Kier alpha value is -2.14. The number of ether oxygens (including phenoxy) is 2. The van der Waals surface area contributed by atoms with Crippen molar-refractivity contribution < 1.29 is 9.47 Å². The molecule has 0 aliphatic heterocycles. The minimum absolute atomic E-state index is 0.606. The average Bonchev–Trinajstić information content (AvgIpc) is 2.48. The molecule has 0 saturated carbocycles. The van der Waals surface area contributed by atoms with E-state index in [1.54, 1.807) is 32.7 Å². The van der Waals surface area contributed by atoms with Gasteiger partial charge in [-0.05, 0) is 24.1 Å². The van der Waals surface area contributed by atoms with Crippen molar-refractivity contribution in [2.75, 3.05) is 14.2 Å². The van der Waals surface area contributed by atoms with Crippen LogP contribution in [-0.4, -0.2) is 24.2 Å². The van der Waals surface area contributed by atoms with E-state index in [4.69, 9.17) is 9.47 Å². The van der Waals surface area contributed by atoms with Crippen molar-refractivity contribution in [1.82, 2.24) is 15.3 Å². The van der Waals surface area contributed by atoms with E-state index in [0.717, 1.165) is 12.2 Å². The second-order valence-electron chi connectivity index (χ2n) is 4.40. The monoisotopic (exact) mass is 273 g/mol. The van der Waals surface area contributed by atoms with Gasteiger partial charge in [-0.1, -0.05) is 0 Å². The van der Waals surface area contributed by atoms with E-state index in [1.165, 1.54) is 11.1 Å². The van der Waals surface area contributed by atoms with Crippen LogP contribution in [0.3, 0.4) is 0 Å². The molecule has 20 heavy (non-hydrogen) atoms. The summed E-state index contributed by atoms with van der Waals surface area (Å²) in [6, 6.07) is 3.79. The number of aromatic nitrogens is 2. The van der Waals surface area contributed by atoms with Crippen LogP contribution >= 0.6 is 0 Å². The molecule has 5 heteroatoms. The second-order valence-corrected chi connectivity index (χ2v) is 4.40. The third kappa shape index (κ3) is 3.24. The van der Waals surface area contributed by atoms with Crippen LogP contribution in [0, 0.1) is 6.92 Å². The number of hydrogen-bond acceptors (Lipinski definition) is 5. The molecule has 0 unspecified atom stereocenters. The predicted octanol–water partition coefficient (Wildman–Crippen LogP) is 2.09. The molecule has 2 aromatic heterocycles. The Balaban J connectivity index is 2.03. The van der Waals surface area contributed by atoms with Crippen LogP contribution in [0.5, 0.6) is 11.5 Å². The van der Waals surface area contributed by atoms with Gasteiger partial charge in [-0.25, -0.2) is 0 Å². The van der Waals surface area contributed by atoms with Gasteiger partial charge in [-0.2, -0.15) is 0 Å². The number of aryl methyl sites for hydroxylation is 1. The van der Waals surface area contributed by atoms with Crippen LogP contribution in [0.4, 0.5) is 0 Å². The first-order valence-corrected chi connectivity index (χ1v) is 6.42. The van der Waals surface area contributed by atoms with E-state index in [1.807, 2.05) is 12.3 Å². The average molecular weight is 273 g/mol. The zero-order valence-electron chi connectivity index (χ0n) is 12.0. The summed E-state index contributed by atoms with van der Waals surface area (Å²) >= 11 is 0. The lowest BCUT2D eigenvalue weighted by molar-refractivity contribution is 0.348. The van der Waals surface area contributed by atoms with Gasteiger partial charge in [0.1, 0.15) is 0 Å². The van der Waals surface area contributed by atoms with E-state index in [0.29, 0.717) is 18.0 Å². The smallest absolute Gasteiger partial charge is 0.183 e. The fourth-order valence-electron chi connectivity index (χ4n) is 1.97. The summed E-state index contributed by atoms with van der Waals surface area (Å²) in [4.78, 5) is 8.46. The van der Waals surface area contributed by atoms with Crippen molar-refractivity contribution >= 4 is 0 Å². The topological polar surface area (TPSA) is 56.3 Å². The lowest BCUT2D eigenvalue weighted by atomic mass is 10.1. The third-order valence-electron chi connectivity index (χ3n) is 3.12. The quantitative estimate of drug-likeness (QED) is 0.873. The number of rotatable bonds is 6. The van der Waals surface area contributed by atoms with Crippen LogP contribution in [-0.2, 0) is 13.1 Å². The molecule has 2 aromatic rings. The minimum Gasteiger partial charge on any atom is -0.493 e. The first kappa shape index (κ1) is 14.3. The molecule has 5 nitrogen and oxygen atoms in total. The Kier molecular flexibility index (Phi) is 4.90. The van der Waals surface area contributed by atoms with E-state index in [9.17, 15) is 0 Å². The number of methoxy groups -OCH3 is 2. The van der Waals surface area contributed by atoms with Crippen LogP contribution in [0.25, 0.3) is 0 Å². The molecule has 106 valence electrons. The van der Waals surface area contributed by atoms with E-state index >= 15 is 0 Å². The summed E-state index contributed by atoms with van der Waals surface area (Å²) in [6.07, 6.45) is 5.39. The van der Waals surface area contributed by atoms with Crippen molar-refractivity contribution in [3.8, 4) is 11.5 Å². The maximum absolute atomic E-state index is 5.35. The van der Waals surface area contributed by atoms with Gasteiger partial charge in [0.15, 0.2) is 11.5 Å². The fourth-order valence-corrected chi connectivity index (χ4v) is 1.97. The third-order valence-corrected chi connectivity index (χ3v) is 3.12. The molecule has 0 saturated heterocycles. The van der Waals surface area contributed by atoms with Gasteiger partial charge in [0.25, 0.3) is 0 Å². The zero-order valence-corrected chi connectivity index (χ0v) is 12.0. The molecule has 2 heterocycles.